The van der Waals surface area contributed by atoms with Crippen molar-refractivity contribution in [3.8, 4) is 0 Å². The van der Waals surface area contributed by atoms with Gasteiger partial charge in [-0.3, -0.25) is 14.7 Å². The van der Waals surface area contributed by atoms with Gasteiger partial charge in [-0.15, -0.1) is 0 Å². The Balaban J connectivity index is 1.65. The minimum Gasteiger partial charge on any atom is -0.392 e. The van der Waals surface area contributed by atoms with Crippen LogP contribution < -0.4 is 5.32 Å². The highest BCUT2D eigenvalue weighted by Gasteiger charge is 2.40. The van der Waals surface area contributed by atoms with E-state index in [1.165, 1.54) is 38.5 Å². The molecule has 0 spiro atoms. The Morgan fingerprint density at radius 2 is 2.00 bits per heavy atom. The Bertz CT molecular complexity index is 520. The molecule has 1 saturated heterocycles. The van der Waals surface area contributed by atoms with E-state index in [4.69, 9.17) is 5.11 Å². The van der Waals surface area contributed by atoms with Crippen LogP contribution in [0.1, 0.15) is 54.6 Å². The molecule has 1 saturated carbocycles. The molecule has 2 heterocycles. The fraction of sp³-hybridized carbons (Fsp3) is 0.647. The average molecular weight is 303 g/mol. The van der Waals surface area contributed by atoms with Crippen LogP contribution in [0.5, 0.6) is 0 Å². The topological polar surface area (TPSA) is 65.5 Å². The Hall–Kier alpha value is -1.46. The fourth-order valence-corrected chi connectivity index (χ4v) is 3.86. The van der Waals surface area contributed by atoms with E-state index in [-0.39, 0.29) is 18.1 Å². The van der Waals surface area contributed by atoms with Crippen LogP contribution >= 0.6 is 0 Å². The van der Waals surface area contributed by atoms with Gasteiger partial charge < -0.3 is 10.4 Å². The number of aromatic nitrogens is 1. The van der Waals surface area contributed by atoms with Crippen LogP contribution in [0.25, 0.3) is 0 Å². The maximum absolute atomic E-state index is 12.4. The number of amides is 1. The maximum atomic E-state index is 12.4. The number of rotatable bonds is 5. The monoisotopic (exact) mass is 303 g/mol. The van der Waals surface area contributed by atoms with Crippen LogP contribution in [-0.4, -0.2) is 46.1 Å². The lowest BCUT2D eigenvalue weighted by molar-refractivity contribution is 0.0856. The van der Waals surface area contributed by atoms with Gasteiger partial charge in [-0.25, -0.2) is 0 Å². The van der Waals surface area contributed by atoms with Gasteiger partial charge in [0.1, 0.15) is 5.69 Å². The first-order chi connectivity index (χ1) is 10.7. The second-order valence-electron chi connectivity index (χ2n) is 6.52. The third kappa shape index (κ3) is 3.15. The number of aliphatic hydroxyl groups excluding tert-OH is 1. The quantitative estimate of drug-likeness (QED) is 0.869. The van der Waals surface area contributed by atoms with Gasteiger partial charge in [-0.2, -0.15) is 0 Å². The van der Waals surface area contributed by atoms with Gasteiger partial charge in [0.2, 0.25) is 0 Å². The van der Waals surface area contributed by atoms with E-state index in [9.17, 15) is 4.79 Å². The molecule has 22 heavy (non-hydrogen) atoms. The van der Waals surface area contributed by atoms with Crippen molar-refractivity contribution in [1.82, 2.24) is 15.2 Å². The van der Waals surface area contributed by atoms with Crippen molar-refractivity contribution >= 4 is 5.91 Å². The number of nitrogens with zero attached hydrogens (tertiary/aromatic N) is 2. The smallest absolute Gasteiger partial charge is 0.269 e. The van der Waals surface area contributed by atoms with Crippen LogP contribution in [0.2, 0.25) is 0 Å². The van der Waals surface area contributed by atoms with Gasteiger partial charge in [0.05, 0.1) is 6.61 Å². The van der Waals surface area contributed by atoms with Gasteiger partial charge in [0, 0.05) is 18.3 Å². The normalized spacial score (nSPS) is 21.1. The van der Waals surface area contributed by atoms with E-state index in [0.29, 0.717) is 12.2 Å². The molecule has 0 aromatic carbocycles. The van der Waals surface area contributed by atoms with E-state index >= 15 is 0 Å². The molecular weight excluding hydrogens is 278 g/mol. The van der Waals surface area contributed by atoms with Crippen molar-refractivity contribution < 1.29 is 9.90 Å². The average Bonchev–Trinajstić information content (AvgIpc) is 3.24. The number of likely N-dealkylation sites (tertiary alicyclic amines) is 1. The Labute approximate surface area is 131 Å². The summed E-state index contributed by atoms with van der Waals surface area (Å²) >= 11 is 0. The number of carbonyl (C=O) groups excluding carboxylic acids is 1. The number of aliphatic hydroxyl groups is 1. The largest absolute Gasteiger partial charge is 0.392 e. The number of carbonyl (C=O) groups is 1. The molecular formula is C17H25N3O2. The van der Waals surface area contributed by atoms with Crippen molar-refractivity contribution in [3.63, 3.8) is 0 Å². The molecule has 5 heteroatoms. The zero-order valence-electron chi connectivity index (χ0n) is 13.1. The molecule has 0 bridgehead atoms. The van der Waals surface area contributed by atoms with E-state index in [1.54, 1.807) is 18.3 Å². The number of hydrogen-bond donors (Lipinski definition) is 2. The SMILES string of the molecule is O=C(NCC1(N2CCCC2)CCCC1)c1cc(CO)ccn1. The summed E-state index contributed by atoms with van der Waals surface area (Å²) in [6.07, 6.45) is 8.99. The summed E-state index contributed by atoms with van der Waals surface area (Å²) < 4.78 is 0. The van der Waals surface area contributed by atoms with Gasteiger partial charge in [-0.1, -0.05) is 12.8 Å². The van der Waals surface area contributed by atoms with Gasteiger partial charge in [-0.05, 0) is 56.5 Å². The summed E-state index contributed by atoms with van der Waals surface area (Å²) in [7, 11) is 0. The molecule has 2 aliphatic rings. The standard InChI is InChI=1S/C17H25N3O2/c21-12-14-5-8-18-15(11-14)16(22)19-13-17(6-1-2-7-17)20-9-3-4-10-20/h5,8,11,21H,1-4,6-7,9-10,12-13H2,(H,19,22). The number of pyridine rings is 1. The molecule has 0 atom stereocenters. The van der Waals surface area contributed by atoms with Gasteiger partial charge in [0.25, 0.3) is 5.91 Å². The summed E-state index contributed by atoms with van der Waals surface area (Å²) in [5.41, 5.74) is 1.26. The first-order valence-electron chi connectivity index (χ1n) is 8.33. The molecule has 1 aromatic rings. The van der Waals surface area contributed by atoms with Crippen LogP contribution in [0.3, 0.4) is 0 Å². The van der Waals surface area contributed by atoms with E-state index < -0.39 is 0 Å². The third-order valence-electron chi connectivity index (χ3n) is 5.13. The molecule has 1 aliphatic carbocycles. The number of nitrogens with one attached hydrogen (secondary N) is 1. The van der Waals surface area contributed by atoms with Crippen LogP contribution in [0.4, 0.5) is 0 Å². The maximum Gasteiger partial charge on any atom is 0.269 e. The van der Waals surface area contributed by atoms with Crippen LogP contribution in [0.15, 0.2) is 18.3 Å². The molecule has 3 rings (SSSR count). The molecule has 1 aliphatic heterocycles. The highest BCUT2D eigenvalue weighted by atomic mass is 16.3. The van der Waals surface area contributed by atoms with Crippen molar-refractivity contribution in [2.75, 3.05) is 19.6 Å². The molecule has 2 fully saturated rings. The van der Waals surface area contributed by atoms with Crippen molar-refractivity contribution in [2.45, 2.75) is 50.7 Å². The molecule has 5 nitrogen and oxygen atoms in total. The molecule has 1 amide bonds. The molecule has 0 radical (unpaired) electrons. The lowest BCUT2D eigenvalue weighted by Crippen LogP contribution is -2.53. The Morgan fingerprint density at radius 3 is 2.68 bits per heavy atom. The molecule has 1 aromatic heterocycles. The van der Waals surface area contributed by atoms with Gasteiger partial charge in [0.15, 0.2) is 0 Å². The zero-order valence-corrected chi connectivity index (χ0v) is 13.1. The van der Waals surface area contributed by atoms with Crippen LogP contribution in [-0.2, 0) is 6.61 Å². The minimum atomic E-state index is -0.138. The van der Waals surface area contributed by atoms with E-state index in [0.717, 1.165) is 18.7 Å². The fourth-order valence-electron chi connectivity index (χ4n) is 3.86. The van der Waals surface area contributed by atoms with Crippen molar-refractivity contribution in [1.29, 1.82) is 0 Å². The Kier molecular flexibility index (Phi) is 4.74. The van der Waals surface area contributed by atoms with Crippen LogP contribution in [0, 0.1) is 0 Å². The summed E-state index contributed by atoms with van der Waals surface area (Å²) in [5.74, 6) is -0.138. The second-order valence-corrected chi connectivity index (χ2v) is 6.52. The zero-order chi connectivity index (χ0) is 15.4. The minimum absolute atomic E-state index is 0.0689. The summed E-state index contributed by atoms with van der Waals surface area (Å²) in [5, 5.41) is 12.2. The Morgan fingerprint density at radius 1 is 1.27 bits per heavy atom. The first kappa shape index (κ1) is 15.4. The lowest BCUT2D eigenvalue weighted by atomic mass is 9.95. The summed E-state index contributed by atoms with van der Waals surface area (Å²) in [6.45, 7) is 2.96. The second kappa shape index (κ2) is 6.75. The van der Waals surface area contributed by atoms with Gasteiger partial charge >= 0.3 is 0 Å². The highest BCUT2D eigenvalue weighted by molar-refractivity contribution is 5.92. The first-order valence-corrected chi connectivity index (χ1v) is 8.33. The van der Waals surface area contributed by atoms with E-state index in [1.807, 2.05) is 0 Å². The molecule has 0 unspecified atom stereocenters. The van der Waals surface area contributed by atoms with Crippen molar-refractivity contribution in [2.24, 2.45) is 0 Å². The summed E-state index contributed by atoms with van der Waals surface area (Å²) in [6, 6.07) is 3.38. The lowest BCUT2D eigenvalue weighted by Gasteiger charge is -2.39. The van der Waals surface area contributed by atoms with Crippen molar-refractivity contribution in [3.05, 3.63) is 29.6 Å². The van der Waals surface area contributed by atoms with E-state index in [2.05, 4.69) is 15.2 Å². The molecule has 120 valence electrons. The predicted molar refractivity (Wildman–Crippen MR) is 84.5 cm³/mol. The molecule has 2 N–H and O–H groups in total. The summed E-state index contributed by atoms with van der Waals surface area (Å²) in [4.78, 5) is 19.1. The number of hydrogen-bond acceptors (Lipinski definition) is 4. The highest BCUT2D eigenvalue weighted by Crippen LogP contribution is 2.36. The predicted octanol–water partition coefficient (Wildman–Crippen LogP) is 1.71. The third-order valence-corrected chi connectivity index (χ3v) is 5.13.